The lowest BCUT2D eigenvalue weighted by Crippen LogP contribution is -2.31. The summed E-state index contributed by atoms with van der Waals surface area (Å²) in [5, 5.41) is 6.78. The van der Waals surface area contributed by atoms with Crippen molar-refractivity contribution in [3.63, 3.8) is 0 Å². The Morgan fingerprint density at radius 2 is 2.60 bits per heavy atom. The van der Waals surface area contributed by atoms with Gasteiger partial charge in [0.1, 0.15) is 0 Å². The van der Waals surface area contributed by atoms with E-state index in [0.717, 1.165) is 30.9 Å². The summed E-state index contributed by atoms with van der Waals surface area (Å²) in [7, 11) is 0. The van der Waals surface area contributed by atoms with Gasteiger partial charge in [0.25, 0.3) is 0 Å². The molecule has 1 atom stereocenters. The maximum atomic E-state index is 4.06. The van der Waals surface area contributed by atoms with Crippen LogP contribution in [0.1, 0.15) is 18.5 Å². The van der Waals surface area contributed by atoms with Gasteiger partial charge in [-0.25, -0.2) is 4.98 Å². The molecule has 4 heteroatoms. The minimum absolute atomic E-state index is 0.465. The van der Waals surface area contributed by atoms with Gasteiger partial charge in [0, 0.05) is 36.6 Å². The largest absolute Gasteiger partial charge is 0.387 e. The predicted octanol–water partition coefficient (Wildman–Crippen LogP) is 0.807. The highest BCUT2D eigenvalue weighted by Crippen LogP contribution is 2.10. The molecule has 82 valence electrons. The first-order valence-electron chi connectivity index (χ1n) is 5.49. The SMILES string of the molecule is C=C(NCCc1cnc[nH]1)C1CCCN1. The minimum Gasteiger partial charge on any atom is -0.387 e. The van der Waals surface area contributed by atoms with Crippen LogP contribution in [0, 0.1) is 0 Å². The van der Waals surface area contributed by atoms with Gasteiger partial charge in [-0.05, 0) is 19.4 Å². The van der Waals surface area contributed by atoms with Gasteiger partial charge >= 0.3 is 0 Å². The summed E-state index contributed by atoms with van der Waals surface area (Å²) in [5.41, 5.74) is 2.28. The van der Waals surface area contributed by atoms with E-state index in [1.54, 1.807) is 6.33 Å². The van der Waals surface area contributed by atoms with Crippen molar-refractivity contribution < 1.29 is 0 Å². The Bertz CT molecular complexity index is 298. The van der Waals surface area contributed by atoms with E-state index in [9.17, 15) is 0 Å². The molecule has 0 saturated carbocycles. The Morgan fingerprint density at radius 1 is 1.67 bits per heavy atom. The van der Waals surface area contributed by atoms with E-state index in [1.165, 1.54) is 12.8 Å². The Labute approximate surface area is 90.2 Å². The van der Waals surface area contributed by atoms with Gasteiger partial charge in [-0.1, -0.05) is 6.58 Å². The van der Waals surface area contributed by atoms with Crippen LogP contribution in [-0.4, -0.2) is 29.1 Å². The van der Waals surface area contributed by atoms with Crippen LogP contribution in [0.5, 0.6) is 0 Å². The predicted molar refractivity (Wildman–Crippen MR) is 60.5 cm³/mol. The van der Waals surface area contributed by atoms with Crippen LogP contribution in [0.2, 0.25) is 0 Å². The quantitative estimate of drug-likeness (QED) is 0.668. The number of nitrogens with one attached hydrogen (secondary N) is 3. The Hall–Kier alpha value is -1.29. The van der Waals surface area contributed by atoms with E-state index < -0.39 is 0 Å². The van der Waals surface area contributed by atoms with Crippen LogP contribution in [-0.2, 0) is 6.42 Å². The molecule has 1 aromatic rings. The molecule has 0 aromatic carbocycles. The standard InChI is InChI=1S/C11H18N4/c1-9(11-3-2-5-14-11)13-6-4-10-7-12-8-15-10/h7-8,11,13-14H,1-6H2,(H,12,15). The molecule has 1 unspecified atom stereocenters. The van der Waals surface area contributed by atoms with Crippen molar-refractivity contribution in [1.82, 2.24) is 20.6 Å². The molecule has 2 rings (SSSR count). The van der Waals surface area contributed by atoms with Gasteiger partial charge in [-0.2, -0.15) is 0 Å². The van der Waals surface area contributed by atoms with Crippen LogP contribution in [0.25, 0.3) is 0 Å². The number of imidazole rings is 1. The second-order valence-electron chi connectivity index (χ2n) is 3.93. The average Bonchev–Trinajstić information content (AvgIpc) is 2.90. The Kier molecular flexibility index (Phi) is 3.40. The molecule has 0 amide bonds. The van der Waals surface area contributed by atoms with Crippen molar-refractivity contribution >= 4 is 0 Å². The number of H-pyrrole nitrogens is 1. The molecule has 0 bridgehead atoms. The van der Waals surface area contributed by atoms with Crippen molar-refractivity contribution in [1.29, 1.82) is 0 Å². The van der Waals surface area contributed by atoms with Gasteiger partial charge in [-0.15, -0.1) is 0 Å². The van der Waals surface area contributed by atoms with Gasteiger partial charge in [-0.3, -0.25) is 0 Å². The van der Waals surface area contributed by atoms with E-state index in [4.69, 9.17) is 0 Å². The lowest BCUT2D eigenvalue weighted by molar-refractivity contribution is 0.620. The third-order valence-electron chi connectivity index (χ3n) is 2.78. The van der Waals surface area contributed by atoms with E-state index >= 15 is 0 Å². The van der Waals surface area contributed by atoms with Crippen LogP contribution in [0.4, 0.5) is 0 Å². The van der Waals surface area contributed by atoms with Gasteiger partial charge < -0.3 is 15.6 Å². The summed E-state index contributed by atoms with van der Waals surface area (Å²) in [6.45, 7) is 6.09. The summed E-state index contributed by atoms with van der Waals surface area (Å²) in [6, 6.07) is 0.465. The topological polar surface area (TPSA) is 52.7 Å². The highest BCUT2D eigenvalue weighted by molar-refractivity contribution is 5.06. The van der Waals surface area contributed by atoms with Crippen molar-refractivity contribution in [2.45, 2.75) is 25.3 Å². The Morgan fingerprint density at radius 3 is 3.27 bits per heavy atom. The average molecular weight is 206 g/mol. The zero-order chi connectivity index (χ0) is 10.5. The van der Waals surface area contributed by atoms with Crippen molar-refractivity contribution in [2.24, 2.45) is 0 Å². The molecule has 3 N–H and O–H groups in total. The first kappa shape index (κ1) is 10.2. The van der Waals surface area contributed by atoms with Crippen LogP contribution in [0.15, 0.2) is 24.8 Å². The molecule has 15 heavy (non-hydrogen) atoms. The van der Waals surface area contributed by atoms with Crippen molar-refractivity contribution in [2.75, 3.05) is 13.1 Å². The zero-order valence-electron chi connectivity index (χ0n) is 8.92. The normalized spacial score (nSPS) is 20.4. The molecule has 1 saturated heterocycles. The molecule has 1 fully saturated rings. The van der Waals surface area contributed by atoms with Crippen LogP contribution < -0.4 is 10.6 Å². The highest BCUT2D eigenvalue weighted by Gasteiger charge is 2.16. The van der Waals surface area contributed by atoms with E-state index in [2.05, 4.69) is 27.2 Å². The number of aromatic amines is 1. The third-order valence-corrected chi connectivity index (χ3v) is 2.78. The molecule has 2 heterocycles. The van der Waals surface area contributed by atoms with Crippen molar-refractivity contribution in [3.8, 4) is 0 Å². The Balaban J connectivity index is 1.67. The number of hydrogen-bond acceptors (Lipinski definition) is 3. The maximum absolute atomic E-state index is 4.06. The number of aromatic nitrogens is 2. The number of rotatable bonds is 5. The smallest absolute Gasteiger partial charge is 0.0921 e. The molecule has 1 aromatic heterocycles. The summed E-state index contributed by atoms with van der Waals surface area (Å²) < 4.78 is 0. The first-order chi connectivity index (χ1) is 7.36. The van der Waals surface area contributed by atoms with Crippen LogP contribution >= 0.6 is 0 Å². The summed E-state index contributed by atoms with van der Waals surface area (Å²) in [5.74, 6) is 0. The van der Waals surface area contributed by atoms with Gasteiger partial charge in [0.2, 0.25) is 0 Å². The number of nitrogens with zero attached hydrogens (tertiary/aromatic N) is 1. The fourth-order valence-electron chi connectivity index (χ4n) is 1.88. The lowest BCUT2D eigenvalue weighted by atomic mass is 10.2. The molecule has 0 aliphatic carbocycles. The summed E-state index contributed by atoms with van der Waals surface area (Å²) in [6.07, 6.45) is 6.99. The van der Waals surface area contributed by atoms with Crippen LogP contribution in [0.3, 0.4) is 0 Å². The molecule has 1 aliphatic rings. The first-order valence-corrected chi connectivity index (χ1v) is 5.49. The fraction of sp³-hybridized carbons (Fsp3) is 0.545. The number of hydrogen-bond donors (Lipinski definition) is 3. The molecule has 4 nitrogen and oxygen atoms in total. The van der Waals surface area contributed by atoms with Gasteiger partial charge in [0.15, 0.2) is 0 Å². The van der Waals surface area contributed by atoms with Crippen molar-refractivity contribution in [3.05, 3.63) is 30.5 Å². The summed E-state index contributed by atoms with van der Waals surface area (Å²) >= 11 is 0. The molecule has 0 radical (unpaired) electrons. The van der Waals surface area contributed by atoms with E-state index in [0.29, 0.717) is 6.04 Å². The van der Waals surface area contributed by atoms with Gasteiger partial charge in [0.05, 0.1) is 6.33 Å². The second kappa shape index (κ2) is 4.98. The van der Waals surface area contributed by atoms with E-state index in [-0.39, 0.29) is 0 Å². The molecular formula is C11H18N4. The summed E-state index contributed by atoms with van der Waals surface area (Å²) in [4.78, 5) is 7.06. The fourth-order valence-corrected chi connectivity index (χ4v) is 1.88. The third kappa shape index (κ3) is 2.83. The monoisotopic (exact) mass is 206 g/mol. The second-order valence-corrected chi connectivity index (χ2v) is 3.93. The molecule has 0 spiro atoms. The zero-order valence-corrected chi connectivity index (χ0v) is 8.92. The lowest BCUT2D eigenvalue weighted by Gasteiger charge is -2.15. The molecular weight excluding hydrogens is 188 g/mol. The maximum Gasteiger partial charge on any atom is 0.0921 e. The highest BCUT2D eigenvalue weighted by atomic mass is 15.0. The van der Waals surface area contributed by atoms with E-state index in [1.807, 2.05) is 6.20 Å². The minimum atomic E-state index is 0.465. The molecule has 1 aliphatic heterocycles.